The third-order valence-electron chi connectivity index (χ3n) is 2.54. The van der Waals surface area contributed by atoms with Gasteiger partial charge in [0.1, 0.15) is 0 Å². The van der Waals surface area contributed by atoms with E-state index in [0.717, 1.165) is 25.7 Å². The Balaban J connectivity index is 1.88. The van der Waals surface area contributed by atoms with Crippen molar-refractivity contribution in [1.29, 1.82) is 0 Å². The van der Waals surface area contributed by atoms with Crippen LogP contribution in [-0.4, -0.2) is 44.2 Å². The van der Waals surface area contributed by atoms with Crippen LogP contribution in [-0.2, 0) is 14.4 Å². The van der Waals surface area contributed by atoms with Crippen LogP contribution in [0.4, 0.5) is 0 Å². The molecule has 1 fully saturated rings. The normalized spacial score (nSPS) is 15.4. The number of nitrogens with zero attached hydrogens (tertiary/aromatic N) is 1. The highest BCUT2D eigenvalue weighted by atomic mass is 16.7. The van der Waals surface area contributed by atoms with Crippen molar-refractivity contribution in [2.75, 3.05) is 33.4 Å². The summed E-state index contributed by atoms with van der Waals surface area (Å²) >= 11 is 0. The van der Waals surface area contributed by atoms with Gasteiger partial charge in [-0.25, -0.2) is 5.84 Å². The number of rotatable bonds is 9. The Morgan fingerprint density at radius 1 is 1.50 bits per heavy atom. The Kier molecular flexibility index (Phi) is 6.32. The average molecular weight is 231 g/mol. The molecule has 1 rings (SSSR count). The zero-order valence-electron chi connectivity index (χ0n) is 9.78. The maximum atomic E-state index is 11.0. The number of hydrogen-bond acceptors (Lipinski definition) is 6. The van der Waals surface area contributed by atoms with E-state index in [1.165, 1.54) is 12.8 Å². The first-order valence-electron chi connectivity index (χ1n) is 5.64. The quantitative estimate of drug-likeness (QED) is 0.321. The van der Waals surface area contributed by atoms with Crippen molar-refractivity contribution in [3.8, 4) is 0 Å². The van der Waals surface area contributed by atoms with E-state index in [0.29, 0.717) is 13.0 Å². The Hall–Kier alpha value is -0.690. The lowest BCUT2D eigenvalue weighted by molar-refractivity contribution is -0.151. The molecule has 3 N–H and O–H groups in total. The third kappa shape index (κ3) is 6.73. The molecule has 0 saturated heterocycles. The van der Waals surface area contributed by atoms with Crippen LogP contribution in [0.5, 0.6) is 0 Å². The molecule has 1 saturated carbocycles. The van der Waals surface area contributed by atoms with Gasteiger partial charge in [0.15, 0.2) is 0 Å². The Morgan fingerprint density at radius 3 is 2.88 bits per heavy atom. The van der Waals surface area contributed by atoms with Gasteiger partial charge in [-0.05, 0) is 25.8 Å². The Bertz CT molecular complexity index is 209. The number of nitrogens with one attached hydrogen (secondary N) is 1. The van der Waals surface area contributed by atoms with Gasteiger partial charge >= 0.3 is 5.97 Å². The average Bonchev–Trinajstić information content (AvgIpc) is 3.06. The van der Waals surface area contributed by atoms with E-state index in [1.807, 2.05) is 17.5 Å². The lowest BCUT2D eigenvalue weighted by Gasteiger charge is -2.15. The predicted molar refractivity (Wildman–Crippen MR) is 59.1 cm³/mol. The van der Waals surface area contributed by atoms with Gasteiger partial charge < -0.3 is 14.5 Å². The first kappa shape index (κ1) is 13.4. The van der Waals surface area contributed by atoms with Crippen molar-refractivity contribution in [3.63, 3.8) is 0 Å². The molecule has 0 spiro atoms. The first-order chi connectivity index (χ1) is 7.72. The Morgan fingerprint density at radius 2 is 2.25 bits per heavy atom. The van der Waals surface area contributed by atoms with E-state index in [2.05, 4.69) is 4.84 Å². The molecule has 1 aliphatic carbocycles. The van der Waals surface area contributed by atoms with E-state index in [-0.39, 0.29) is 5.97 Å². The minimum Gasteiger partial charge on any atom is -0.380 e. The molecule has 0 aromatic rings. The molecule has 0 amide bonds. The van der Waals surface area contributed by atoms with E-state index in [1.54, 1.807) is 0 Å². The zero-order chi connectivity index (χ0) is 11.8. The van der Waals surface area contributed by atoms with Gasteiger partial charge in [0, 0.05) is 19.7 Å². The summed E-state index contributed by atoms with van der Waals surface area (Å²) in [7, 11) is 1.95. The second-order valence-corrected chi connectivity index (χ2v) is 4.16. The number of carbonyl (C=O) groups is 1. The van der Waals surface area contributed by atoms with Crippen molar-refractivity contribution in [1.82, 2.24) is 10.5 Å². The van der Waals surface area contributed by atoms with Crippen LogP contribution in [0.25, 0.3) is 0 Å². The molecule has 6 nitrogen and oxygen atoms in total. The van der Waals surface area contributed by atoms with Crippen LogP contribution >= 0.6 is 0 Å². The fourth-order valence-electron chi connectivity index (χ4n) is 1.27. The van der Waals surface area contributed by atoms with Crippen LogP contribution in [0.1, 0.15) is 19.3 Å². The number of carbonyl (C=O) groups excluding carboxylic acids is 1. The molecular weight excluding hydrogens is 210 g/mol. The molecule has 16 heavy (non-hydrogen) atoms. The third-order valence-corrected chi connectivity index (χ3v) is 2.54. The van der Waals surface area contributed by atoms with E-state index in [9.17, 15) is 4.79 Å². The topological polar surface area (TPSA) is 76.8 Å². The monoisotopic (exact) mass is 231 g/mol. The number of hydrogen-bond donors (Lipinski definition) is 2. The highest BCUT2D eigenvalue weighted by molar-refractivity contribution is 5.69. The van der Waals surface area contributed by atoms with Crippen LogP contribution in [0, 0.1) is 5.92 Å². The van der Waals surface area contributed by atoms with Crippen molar-refractivity contribution < 1.29 is 14.4 Å². The Labute approximate surface area is 96.0 Å². The van der Waals surface area contributed by atoms with Gasteiger partial charge in [0.25, 0.3) is 0 Å². The van der Waals surface area contributed by atoms with E-state index < -0.39 is 0 Å². The molecular formula is C10H21N3O3. The molecule has 0 radical (unpaired) electrons. The predicted octanol–water partition coefficient (Wildman–Crippen LogP) is -0.344. The fraction of sp³-hybridized carbons (Fsp3) is 0.900. The van der Waals surface area contributed by atoms with Crippen molar-refractivity contribution in [2.24, 2.45) is 11.8 Å². The number of nitrogens with two attached hydrogens (primary N) is 1. The molecule has 0 unspecified atom stereocenters. The number of likely N-dealkylation sites (N-methyl/N-ethyl adjacent to an activating group) is 1. The van der Waals surface area contributed by atoms with Crippen LogP contribution in [0.3, 0.4) is 0 Å². The minimum absolute atomic E-state index is 0.323. The summed E-state index contributed by atoms with van der Waals surface area (Å²) in [4.78, 5) is 17.4. The molecule has 1 aliphatic rings. The summed E-state index contributed by atoms with van der Waals surface area (Å²) in [5.41, 5.74) is 1.87. The summed E-state index contributed by atoms with van der Waals surface area (Å²) in [6.07, 6.45) is 2.95. The van der Waals surface area contributed by atoms with Gasteiger partial charge in [-0.1, -0.05) is 5.59 Å². The van der Waals surface area contributed by atoms with Crippen LogP contribution in [0.2, 0.25) is 0 Å². The van der Waals surface area contributed by atoms with Gasteiger partial charge in [-0.2, -0.15) is 0 Å². The van der Waals surface area contributed by atoms with Crippen molar-refractivity contribution >= 4 is 5.97 Å². The van der Waals surface area contributed by atoms with Crippen LogP contribution < -0.4 is 11.4 Å². The molecule has 0 aromatic heterocycles. The highest BCUT2D eigenvalue weighted by Crippen LogP contribution is 2.28. The van der Waals surface area contributed by atoms with Gasteiger partial charge in [0.05, 0.1) is 13.0 Å². The smallest absolute Gasteiger partial charge is 0.327 e. The maximum absolute atomic E-state index is 11.0. The highest BCUT2D eigenvalue weighted by Gasteiger charge is 2.20. The summed E-state index contributed by atoms with van der Waals surface area (Å²) in [5.74, 6) is 5.29. The second kappa shape index (κ2) is 7.56. The van der Waals surface area contributed by atoms with Gasteiger partial charge in [0.2, 0.25) is 0 Å². The zero-order valence-corrected chi connectivity index (χ0v) is 9.78. The van der Waals surface area contributed by atoms with E-state index >= 15 is 0 Å². The van der Waals surface area contributed by atoms with E-state index in [4.69, 9.17) is 10.6 Å². The molecule has 0 aliphatic heterocycles. The minimum atomic E-state index is -0.353. The second-order valence-electron chi connectivity index (χ2n) is 4.16. The maximum Gasteiger partial charge on any atom is 0.327 e. The summed E-state index contributed by atoms with van der Waals surface area (Å²) < 4.78 is 5.49. The first-order valence-corrected chi connectivity index (χ1v) is 5.64. The molecule has 6 heteroatoms. The summed E-state index contributed by atoms with van der Waals surface area (Å²) in [6, 6.07) is 0. The van der Waals surface area contributed by atoms with Gasteiger partial charge in [-0.15, -0.1) is 0 Å². The molecule has 0 bridgehead atoms. The standard InChI is InChI=1S/C10H21N3O3/c1-13(5-4-10(14)16-12-11)6-7-15-8-9-2-3-9/h9,12H,2-8,11H2,1H3. The lowest BCUT2D eigenvalue weighted by atomic mass is 10.4. The summed E-state index contributed by atoms with van der Waals surface area (Å²) in [6.45, 7) is 3.08. The largest absolute Gasteiger partial charge is 0.380 e. The molecule has 94 valence electrons. The van der Waals surface area contributed by atoms with Gasteiger partial charge in [-0.3, -0.25) is 4.79 Å². The molecule has 0 heterocycles. The lowest BCUT2D eigenvalue weighted by Crippen LogP contribution is -2.30. The van der Waals surface area contributed by atoms with Crippen molar-refractivity contribution in [2.45, 2.75) is 19.3 Å². The fourth-order valence-corrected chi connectivity index (χ4v) is 1.27. The number of hydrazine groups is 1. The summed E-state index contributed by atoms with van der Waals surface area (Å²) in [5, 5.41) is 0. The molecule has 0 aromatic carbocycles. The number of ether oxygens (including phenoxy) is 1. The van der Waals surface area contributed by atoms with Crippen molar-refractivity contribution in [3.05, 3.63) is 0 Å². The molecule has 0 atom stereocenters. The van der Waals surface area contributed by atoms with Crippen LogP contribution in [0.15, 0.2) is 0 Å². The SMILES string of the molecule is CN(CCOCC1CC1)CCC(=O)ONN.